The number of carbonyl (C=O) groups excluding carboxylic acids is 1. The number of ether oxygens (including phenoxy) is 1. The lowest BCUT2D eigenvalue weighted by Crippen LogP contribution is -2.32. The Bertz CT molecular complexity index is 1350. The maximum atomic E-state index is 13.1. The predicted octanol–water partition coefficient (Wildman–Crippen LogP) is 4.36. The summed E-state index contributed by atoms with van der Waals surface area (Å²) in [6.45, 7) is 2.93. The lowest BCUT2D eigenvalue weighted by molar-refractivity contribution is -0.115. The molecule has 0 spiro atoms. The lowest BCUT2D eigenvalue weighted by atomic mass is 10.2. The second-order valence-electron chi connectivity index (χ2n) is 7.76. The van der Waals surface area contributed by atoms with Crippen LogP contribution in [-0.2, 0) is 21.2 Å². The molecule has 2 N–H and O–H groups in total. The van der Waals surface area contributed by atoms with Crippen LogP contribution in [-0.4, -0.2) is 32.6 Å². The van der Waals surface area contributed by atoms with Crippen LogP contribution in [0.4, 0.5) is 11.4 Å². The van der Waals surface area contributed by atoms with Crippen LogP contribution in [0.25, 0.3) is 6.08 Å². The van der Waals surface area contributed by atoms with Crippen LogP contribution >= 0.6 is 12.2 Å². The molecule has 1 heterocycles. The number of fused-ring (bicyclic) bond motifs is 1. The van der Waals surface area contributed by atoms with Crippen molar-refractivity contribution in [1.29, 1.82) is 0 Å². The van der Waals surface area contributed by atoms with Crippen molar-refractivity contribution >= 4 is 50.7 Å². The summed E-state index contributed by atoms with van der Waals surface area (Å²) in [7, 11) is -3.67. The first-order chi connectivity index (χ1) is 16.9. The number of sulfonamides is 1. The Labute approximate surface area is 210 Å². The van der Waals surface area contributed by atoms with Gasteiger partial charge >= 0.3 is 0 Å². The summed E-state index contributed by atoms with van der Waals surface area (Å²) in [5.41, 5.74) is 3.15. The van der Waals surface area contributed by atoms with Crippen molar-refractivity contribution in [3.8, 4) is 5.75 Å². The van der Waals surface area contributed by atoms with E-state index in [0.717, 1.165) is 22.6 Å². The normalized spacial score (nSPS) is 12.9. The van der Waals surface area contributed by atoms with Crippen molar-refractivity contribution in [1.82, 2.24) is 5.32 Å². The van der Waals surface area contributed by atoms with Gasteiger partial charge in [0.2, 0.25) is 5.91 Å². The molecule has 1 aliphatic rings. The number of thiocarbonyl (C=S) groups is 1. The van der Waals surface area contributed by atoms with Gasteiger partial charge in [0.05, 0.1) is 17.2 Å². The molecule has 0 saturated heterocycles. The Morgan fingerprint density at radius 1 is 1.06 bits per heavy atom. The Kier molecular flexibility index (Phi) is 7.48. The van der Waals surface area contributed by atoms with Gasteiger partial charge < -0.3 is 10.1 Å². The minimum absolute atomic E-state index is 0.107. The molecular weight excluding hydrogens is 482 g/mol. The highest BCUT2D eigenvalue weighted by Crippen LogP contribution is 2.32. The fourth-order valence-electron chi connectivity index (χ4n) is 3.72. The Morgan fingerprint density at radius 2 is 1.77 bits per heavy atom. The number of nitrogens with one attached hydrogen (secondary N) is 2. The smallest absolute Gasteiger partial charge is 0.264 e. The third kappa shape index (κ3) is 5.87. The fraction of sp³-hybridized carbons (Fsp3) is 0.154. The first-order valence-corrected chi connectivity index (χ1v) is 13.0. The summed E-state index contributed by atoms with van der Waals surface area (Å²) >= 11 is 5.21. The molecular formula is C26H25N3O4S2. The SMILES string of the molecule is CCOc1ccc(/C=C/C(=O)NC(=S)Nc2ccc(S(=O)(=O)N3CCc4ccccc43)cc2)cc1. The number of nitrogens with zero attached hydrogens (tertiary/aromatic N) is 1. The van der Waals surface area contributed by atoms with Crippen molar-refractivity contribution in [3.63, 3.8) is 0 Å². The van der Waals surface area contributed by atoms with E-state index in [9.17, 15) is 13.2 Å². The summed E-state index contributed by atoms with van der Waals surface area (Å²) < 4.78 is 33.1. The molecule has 0 fully saturated rings. The number of hydrogen-bond donors (Lipinski definition) is 2. The molecule has 0 aliphatic carbocycles. The number of para-hydroxylation sites is 1. The number of carbonyl (C=O) groups is 1. The van der Waals surface area contributed by atoms with E-state index in [1.54, 1.807) is 18.2 Å². The van der Waals surface area contributed by atoms with E-state index in [4.69, 9.17) is 17.0 Å². The van der Waals surface area contributed by atoms with E-state index in [1.165, 1.54) is 22.5 Å². The van der Waals surface area contributed by atoms with Crippen LogP contribution in [0.2, 0.25) is 0 Å². The minimum atomic E-state index is -3.67. The average molecular weight is 508 g/mol. The molecule has 0 unspecified atom stereocenters. The van der Waals surface area contributed by atoms with Gasteiger partial charge in [-0.05, 0) is 85.2 Å². The van der Waals surface area contributed by atoms with Gasteiger partial charge in [0, 0.05) is 18.3 Å². The highest BCUT2D eigenvalue weighted by molar-refractivity contribution is 7.92. The van der Waals surface area contributed by atoms with Gasteiger partial charge in [-0.25, -0.2) is 8.42 Å². The van der Waals surface area contributed by atoms with Crippen LogP contribution in [0.1, 0.15) is 18.1 Å². The molecule has 180 valence electrons. The number of anilines is 2. The summed E-state index contributed by atoms with van der Waals surface area (Å²) in [6.07, 6.45) is 3.74. The summed E-state index contributed by atoms with van der Waals surface area (Å²) in [6, 6.07) is 21.1. The largest absolute Gasteiger partial charge is 0.494 e. The standard InChI is InChI=1S/C26H25N3O4S2/c1-2-33-22-12-7-19(8-13-22)9-16-25(30)28-26(34)27-21-10-14-23(15-11-21)35(31,32)29-18-17-20-5-3-4-6-24(20)29/h3-16H,2,17-18H2,1H3,(H2,27,28,30,34)/b16-9+. The topological polar surface area (TPSA) is 87.7 Å². The highest BCUT2D eigenvalue weighted by Gasteiger charge is 2.30. The zero-order valence-corrected chi connectivity index (χ0v) is 20.7. The van der Waals surface area contributed by atoms with Gasteiger partial charge in [0.25, 0.3) is 10.0 Å². The molecule has 7 nitrogen and oxygen atoms in total. The lowest BCUT2D eigenvalue weighted by Gasteiger charge is -2.19. The summed E-state index contributed by atoms with van der Waals surface area (Å²) in [5.74, 6) is 0.381. The molecule has 1 amide bonds. The zero-order chi connectivity index (χ0) is 24.8. The number of rotatable bonds is 7. The molecule has 0 radical (unpaired) electrons. The van der Waals surface area contributed by atoms with Crippen LogP contribution < -0.4 is 19.7 Å². The molecule has 0 bridgehead atoms. The fourth-order valence-corrected chi connectivity index (χ4v) is 5.45. The van der Waals surface area contributed by atoms with Crippen molar-refractivity contribution in [2.24, 2.45) is 0 Å². The third-order valence-corrected chi connectivity index (χ3v) is 7.43. The molecule has 3 aromatic carbocycles. The quantitative estimate of drug-likeness (QED) is 0.365. The maximum absolute atomic E-state index is 13.1. The van der Waals surface area contributed by atoms with Gasteiger partial charge in [-0.15, -0.1) is 0 Å². The Hall–Kier alpha value is -3.69. The first kappa shape index (κ1) is 24.4. The van der Waals surface area contributed by atoms with E-state index in [1.807, 2.05) is 55.5 Å². The van der Waals surface area contributed by atoms with Crippen molar-refractivity contribution in [2.75, 3.05) is 22.8 Å². The van der Waals surface area contributed by atoms with Crippen LogP contribution in [0.3, 0.4) is 0 Å². The summed E-state index contributed by atoms with van der Waals surface area (Å²) in [5, 5.41) is 5.58. The number of hydrogen-bond acceptors (Lipinski definition) is 5. The molecule has 0 atom stereocenters. The van der Waals surface area contributed by atoms with Gasteiger partial charge in [-0.3, -0.25) is 14.4 Å². The van der Waals surface area contributed by atoms with Gasteiger partial charge in [0.15, 0.2) is 5.11 Å². The van der Waals surface area contributed by atoms with Crippen molar-refractivity contribution in [3.05, 3.63) is 90.0 Å². The van der Waals surface area contributed by atoms with Crippen molar-refractivity contribution in [2.45, 2.75) is 18.2 Å². The van der Waals surface area contributed by atoms with E-state index in [0.29, 0.717) is 25.3 Å². The molecule has 3 aromatic rings. The van der Waals surface area contributed by atoms with Gasteiger partial charge in [0.1, 0.15) is 5.75 Å². The second-order valence-corrected chi connectivity index (χ2v) is 10.0. The first-order valence-electron chi connectivity index (χ1n) is 11.1. The minimum Gasteiger partial charge on any atom is -0.494 e. The monoisotopic (exact) mass is 507 g/mol. The molecule has 9 heteroatoms. The second kappa shape index (κ2) is 10.7. The van der Waals surface area contributed by atoms with E-state index in [2.05, 4.69) is 10.6 Å². The average Bonchev–Trinajstić information content (AvgIpc) is 3.29. The molecule has 35 heavy (non-hydrogen) atoms. The van der Waals surface area contributed by atoms with Gasteiger partial charge in [-0.1, -0.05) is 30.3 Å². The number of benzene rings is 3. The highest BCUT2D eigenvalue weighted by atomic mass is 32.2. The van der Waals surface area contributed by atoms with Crippen molar-refractivity contribution < 1.29 is 17.9 Å². The third-order valence-electron chi connectivity index (χ3n) is 5.40. The maximum Gasteiger partial charge on any atom is 0.264 e. The Balaban J connectivity index is 1.33. The van der Waals surface area contributed by atoms with Crippen LogP contribution in [0.15, 0.2) is 83.8 Å². The van der Waals surface area contributed by atoms with Crippen LogP contribution in [0, 0.1) is 0 Å². The van der Waals surface area contributed by atoms with E-state index < -0.39 is 10.0 Å². The number of amides is 1. The molecule has 0 aromatic heterocycles. The van der Waals surface area contributed by atoms with E-state index >= 15 is 0 Å². The summed E-state index contributed by atoms with van der Waals surface area (Å²) in [4.78, 5) is 12.4. The zero-order valence-electron chi connectivity index (χ0n) is 19.1. The van der Waals surface area contributed by atoms with Gasteiger partial charge in [-0.2, -0.15) is 0 Å². The van der Waals surface area contributed by atoms with E-state index in [-0.39, 0.29) is 15.9 Å². The van der Waals surface area contributed by atoms with Crippen LogP contribution in [0.5, 0.6) is 5.75 Å². The molecule has 0 saturated carbocycles. The predicted molar refractivity (Wildman–Crippen MR) is 142 cm³/mol. The molecule has 1 aliphatic heterocycles. The Morgan fingerprint density at radius 3 is 2.49 bits per heavy atom. The molecule has 4 rings (SSSR count).